The van der Waals surface area contributed by atoms with Crippen LogP contribution in [0, 0.1) is 22.0 Å². The van der Waals surface area contributed by atoms with E-state index in [1.165, 1.54) is 30.2 Å². The first-order chi connectivity index (χ1) is 11.3. The first kappa shape index (κ1) is 17.5. The number of ether oxygens (including phenoxy) is 1. The van der Waals surface area contributed by atoms with E-state index in [1.807, 2.05) is 6.92 Å². The van der Waals surface area contributed by atoms with Gasteiger partial charge in [0.05, 0.1) is 29.7 Å². The number of benzene rings is 1. The number of methoxy groups -OCH3 is 1. The summed E-state index contributed by atoms with van der Waals surface area (Å²) < 4.78 is 5.07. The Kier molecular flexibility index (Phi) is 5.22. The van der Waals surface area contributed by atoms with E-state index >= 15 is 0 Å². The summed E-state index contributed by atoms with van der Waals surface area (Å²) in [5.74, 6) is -1.28. The Morgan fingerprint density at radius 1 is 1.42 bits per heavy atom. The number of carbonyl (C=O) groups is 2. The van der Waals surface area contributed by atoms with Crippen LogP contribution in [0.5, 0.6) is 5.75 Å². The Balaban J connectivity index is 2.14. The van der Waals surface area contributed by atoms with Crippen LogP contribution in [0.1, 0.15) is 13.3 Å². The minimum atomic E-state index is -0.924. The number of nitrogens with one attached hydrogen (secondary N) is 1. The number of likely N-dealkylation sites (tertiary alicyclic amines) is 1. The molecular weight excluding hydrogens is 318 g/mol. The van der Waals surface area contributed by atoms with Gasteiger partial charge in [-0.15, -0.1) is 0 Å². The van der Waals surface area contributed by atoms with E-state index in [-0.39, 0.29) is 23.9 Å². The van der Waals surface area contributed by atoms with E-state index in [1.54, 1.807) is 0 Å². The summed E-state index contributed by atoms with van der Waals surface area (Å²) in [4.78, 5) is 35.3. The number of piperidine rings is 1. The quantitative estimate of drug-likeness (QED) is 0.641. The number of nitro groups is 1. The summed E-state index contributed by atoms with van der Waals surface area (Å²) in [7, 11) is 1.35. The topological polar surface area (TPSA) is 122 Å². The van der Waals surface area contributed by atoms with Crippen LogP contribution in [0.25, 0.3) is 0 Å². The fourth-order valence-electron chi connectivity index (χ4n) is 2.79. The Bertz CT molecular complexity index is 663. The van der Waals surface area contributed by atoms with Crippen LogP contribution in [-0.4, -0.2) is 47.1 Å². The largest absolute Gasteiger partial charge is 0.494 e. The number of hydrogen-bond acceptors (Lipinski definition) is 5. The molecule has 1 aromatic rings. The van der Waals surface area contributed by atoms with E-state index in [0.717, 1.165) is 0 Å². The van der Waals surface area contributed by atoms with Crippen molar-refractivity contribution < 1.29 is 24.4 Å². The molecule has 1 heterocycles. The molecule has 0 aromatic heterocycles. The number of anilines is 1. The molecule has 2 N–H and O–H groups in total. The number of nitrogens with zero attached hydrogens (tertiary/aromatic N) is 2. The lowest BCUT2D eigenvalue weighted by Crippen LogP contribution is -2.47. The van der Waals surface area contributed by atoms with Gasteiger partial charge in [-0.05, 0) is 18.4 Å². The maximum atomic E-state index is 12.4. The number of aliphatic carboxylic acids is 1. The standard InChI is InChI=1S/C15H19N3O6/c1-9-5-10(14(19)20)8-17(7-9)15(21)16-12-4-3-11(18(22)23)6-13(12)24-2/h3-4,6,9-10H,5,7-8H2,1-2H3,(H,16,21)(H,19,20). The van der Waals surface area contributed by atoms with Gasteiger partial charge in [0.15, 0.2) is 0 Å². The third-order valence-corrected chi connectivity index (χ3v) is 3.93. The second kappa shape index (κ2) is 7.16. The van der Waals surface area contributed by atoms with E-state index in [0.29, 0.717) is 18.7 Å². The molecule has 0 aliphatic carbocycles. The molecule has 0 spiro atoms. The lowest BCUT2D eigenvalue weighted by atomic mass is 9.91. The average molecular weight is 337 g/mol. The van der Waals surface area contributed by atoms with Gasteiger partial charge in [-0.25, -0.2) is 4.79 Å². The number of non-ortho nitro benzene ring substituents is 1. The Morgan fingerprint density at radius 3 is 2.71 bits per heavy atom. The minimum Gasteiger partial charge on any atom is -0.494 e. The van der Waals surface area contributed by atoms with Crippen LogP contribution in [0.15, 0.2) is 18.2 Å². The monoisotopic (exact) mass is 337 g/mol. The molecule has 24 heavy (non-hydrogen) atoms. The van der Waals surface area contributed by atoms with Gasteiger partial charge in [0.1, 0.15) is 5.75 Å². The number of rotatable bonds is 4. The maximum Gasteiger partial charge on any atom is 0.321 e. The summed E-state index contributed by atoms with van der Waals surface area (Å²) >= 11 is 0. The van der Waals surface area contributed by atoms with Gasteiger partial charge in [0.2, 0.25) is 0 Å². The van der Waals surface area contributed by atoms with Crippen molar-refractivity contribution in [3.63, 3.8) is 0 Å². The summed E-state index contributed by atoms with van der Waals surface area (Å²) in [6, 6.07) is 3.41. The highest BCUT2D eigenvalue weighted by Gasteiger charge is 2.32. The summed E-state index contributed by atoms with van der Waals surface area (Å²) in [6.45, 7) is 2.47. The van der Waals surface area contributed by atoms with Crippen LogP contribution in [0.3, 0.4) is 0 Å². The first-order valence-corrected chi connectivity index (χ1v) is 7.43. The Hall–Kier alpha value is -2.84. The van der Waals surface area contributed by atoms with Gasteiger partial charge in [-0.1, -0.05) is 6.92 Å². The third-order valence-electron chi connectivity index (χ3n) is 3.93. The zero-order chi connectivity index (χ0) is 17.9. The minimum absolute atomic E-state index is 0.0735. The molecule has 1 aliphatic heterocycles. The molecule has 1 fully saturated rings. The molecule has 130 valence electrons. The SMILES string of the molecule is COc1cc([N+](=O)[O-])ccc1NC(=O)N1CC(C)CC(C(=O)O)C1. The highest BCUT2D eigenvalue weighted by atomic mass is 16.6. The predicted molar refractivity (Wildman–Crippen MR) is 85.1 cm³/mol. The summed E-state index contributed by atoms with van der Waals surface area (Å²) in [6.07, 6.45) is 0.528. The van der Waals surface area contributed by atoms with Crippen molar-refractivity contribution in [3.05, 3.63) is 28.3 Å². The molecule has 9 nitrogen and oxygen atoms in total. The smallest absolute Gasteiger partial charge is 0.321 e. The van der Waals surface area contributed by atoms with Gasteiger partial charge >= 0.3 is 12.0 Å². The van der Waals surface area contributed by atoms with Gasteiger partial charge < -0.3 is 20.1 Å². The van der Waals surface area contributed by atoms with Crippen LogP contribution in [0.2, 0.25) is 0 Å². The number of nitro benzene ring substituents is 1. The van der Waals surface area contributed by atoms with Gasteiger partial charge in [-0.2, -0.15) is 0 Å². The molecule has 2 atom stereocenters. The zero-order valence-corrected chi connectivity index (χ0v) is 13.4. The van der Waals surface area contributed by atoms with E-state index in [4.69, 9.17) is 9.84 Å². The second-order valence-electron chi connectivity index (χ2n) is 5.85. The number of urea groups is 1. The fourth-order valence-corrected chi connectivity index (χ4v) is 2.79. The van der Waals surface area contributed by atoms with Gasteiger partial charge in [-0.3, -0.25) is 14.9 Å². The lowest BCUT2D eigenvalue weighted by molar-refractivity contribution is -0.384. The molecule has 1 saturated heterocycles. The number of carboxylic acid groups (broad SMARTS) is 1. The molecule has 0 bridgehead atoms. The molecule has 1 aliphatic rings. The van der Waals surface area contributed by atoms with Crippen LogP contribution in [-0.2, 0) is 4.79 Å². The first-order valence-electron chi connectivity index (χ1n) is 7.43. The molecule has 0 radical (unpaired) electrons. The Labute approximate surface area is 138 Å². The molecule has 1 aromatic carbocycles. The van der Waals surface area contributed by atoms with Crippen molar-refractivity contribution >= 4 is 23.4 Å². The van der Waals surface area contributed by atoms with Crippen LogP contribution < -0.4 is 10.1 Å². The van der Waals surface area contributed by atoms with Crippen molar-refractivity contribution in [2.45, 2.75) is 13.3 Å². The number of hydrogen-bond donors (Lipinski definition) is 2. The zero-order valence-electron chi connectivity index (χ0n) is 13.4. The average Bonchev–Trinajstić information content (AvgIpc) is 2.54. The van der Waals surface area contributed by atoms with Crippen molar-refractivity contribution in [3.8, 4) is 5.75 Å². The fraction of sp³-hybridized carbons (Fsp3) is 0.467. The molecule has 2 amide bonds. The number of carboxylic acids is 1. The van der Waals surface area contributed by atoms with E-state index in [9.17, 15) is 19.7 Å². The summed E-state index contributed by atoms with van der Waals surface area (Å²) in [5, 5.41) is 22.6. The molecular formula is C15H19N3O6. The predicted octanol–water partition coefficient (Wildman–Crippen LogP) is 2.18. The normalized spacial score (nSPS) is 20.3. The van der Waals surface area contributed by atoms with Crippen LogP contribution >= 0.6 is 0 Å². The Morgan fingerprint density at radius 2 is 2.12 bits per heavy atom. The molecule has 9 heteroatoms. The van der Waals surface area contributed by atoms with Gasteiger partial charge in [0.25, 0.3) is 5.69 Å². The van der Waals surface area contributed by atoms with Crippen molar-refractivity contribution in [2.24, 2.45) is 11.8 Å². The van der Waals surface area contributed by atoms with Crippen LogP contribution in [0.4, 0.5) is 16.2 Å². The van der Waals surface area contributed by atoms with Crippen molar-refractivity contribution in [1.82, 2.24) is 4.90 Å². The van der Waals surface area contributed by atoms with Crippen molar-refractivity contribution in [2.75, 3.05) is 25.5 Å². The lowest BCUT2D eigenvalue weighted by Gasteiger charge is -2.34. The molecule has 2 unspecified atom stereocenters. The molecule has 0 saturated carbocycles. The van der Waals surface area contributed by atoms with E-state index < -0.39 is 22.8 Å². The number of carbonyl (C=O) groups excluding carboxylic acids is 1. The molecule has 2 rings (SSSR count). The summed E-state index contributed by atoms with van der Waals surface area (Å²) in [5.41, 5.74) is 0.139. The van der Waals surface area contributed by atoms with Gasteiger partial charge in [0, 0.05) is 19.2 Å². The highest BCUT2D eigenvalue weighted by molar-refractivity contribution is 5.91. The van der Waals surface area contributed by atoms with E-state index in [2.05, 4.69) is 5.32 Å². The number of amides is 2. The van der Waals surface area contributed by atoms with Crippen molar-refractivity contribution in [1.29, 1.82) is 0 Å². The maximum absolute atomic E-state index is 12.4. The highest BCUT2D eigenvalue weighted by Crippen LogP contribution is 2.30. The second-order valence-corrected chi connectivity index (χ2v) is 5.85. The third kappa shape index (κ3) is 3.92.